The molecular weight excluding hydrogens is 245 g/mol. The summed E-state index contributed by atoms with van der Waals surface area (Å²) in [5.74, 6) is -0.601. The van der Waals surface area contributed by atoms with Crippen molar-refractivity contribution in [3.8, 4) is 0 Å². The lowest BCUT2D eigenvalue weighted by Gasteiger charge is -2.35. The van der Waals surface area contributed by atoms with Gasteiger partial charge >= 0.3 is 6.18 Å². The van der Waals surface area contributed by atoms with Gasteiger partial charge in [-0.05, 0) is 24.7 Å². The molecule has 0 aliphatic heterocycles. The van der Waals surface area contributed by atoms with E-state index in [1.807, 2.05) is 5.32 Å². The van der Waals surface area contributed by atoms with E-state index in [1.165, 1.54) is 0 Å². The van der Waals surface area contributed by atoms with E-state index in [2.05, 4.69) is 19.2 Å². The van der Waals surface area contributed by atoms with Crippen LogP contribution in [0.1, 0.15) is 39.5 Å². The lowest BCUT2D eigenvalue weighted by Crippen LogP contribution is -2.44. The van der Waals surface area contributed by atoms with Crippen LogP contribution >= 0.6 is 0 Å². The number of hydrogen-bond donors (Lipinski definition) is 2. The van der Waals surface area contributed by atoms with E-state index >= 15 is 0 Å². The molecule has 2 N–H and O–H groups in total. The normalized spacial score (nSPS) is 23.7. The van der Waals surface area contributed by atoms with Crippen molar-refractivity contribution in [2.75, 3.05) is 13.1 Å². The fourth-order valence-corrected chi connectivity index (χ4v) is 2.37. The third-order valence-corrected chi connectivity index (χ3v) is 3.24. The second-order valence-corrected chi connectivity index (χ2v) is 5.73. The number of rotatable bonds is 4. The molecule has 1 rings (SSSR count). The van der Waals surface area contributed by atoms with Gasteiger partial charge in [0.1, 0.15) is 6.54 Å². The third-order valence-electron chi connectivity index (χ3n) is 3.24. The fourth-order valence-electron chi connectivity index (χ4n) is 2.37. The molecule has 3 nitrogen and oxygen atoms in total. The maximum atomic E-state index is 11.9. The third kappa shape index (κ3) is 6.23. The zero-order valence-corrected chi connectivity index (χ0v) is 10.9. The largest absolute Gasteiger partial charge is 0.405 e. The van der Waals surface area contributed by atoms with Crippen LogP contribution in [0.25, 0.3) is 0 Å². The van der Waals surface area contributed by atoms with E-state index in [4.69, 9.17) is 0 Å². The molecule has 0 aromatic heterocycles. The van der Waals surface area contributed by atoms with Gasteiger partial charge in [-0.25, -0.2) is 0 Å². The minimum Gasteiger partial charge on any atom is -0.346 e. The topological polar surface area (TPSA) is 41.1 Å². The Labute approximate surface area is 106 Å². The van der Waals surface area contributed by atoms with Gasteiger partial charge in [-0.15, -0.1) is 0 Å². The first-order valence-electron chi connectivity index (χ1n) is 6.25. The Bertz CT molecular complexity index is 290. The lowest BCUT2D eigenvalue weighted by molar-refractivity contribution is -0.138. The first kappa shape index (κ1) is 15.3. The molecule has 1 unspecified atom stereocenters. The molecule has 0 saturated heterocycles. The second kappa shape index (κ2) is 5.91. The van der Waals surface area contributed by atoms with Crippen molar-refractivity contribution in [2.24, 2.45) is 5.41 Å². The van der Waals surface area contributed by atoms with E-state index in [0.717, 1.165) is 25.7 Å². The highest BCUT2D eigenvalue weighted by Gasteiger charge is 2.29. The van der Waals surface area contributed by atoms with E-state index in [9.17, 15) is 18.0 Å². The van der Waals surface area contributed by atoms with Crippen molar-refractivity contribution in [1.82, 2.24) is 10.6 Å². The average molecular weight is 266 g/mol. The number of alkyl halides is 3. The molecule has 1 saturated carbocycles. The minimum absolute atomic E-state index is 0.0448. The van der Waals surface area contributed by atoms with Gasteiger partial charge in [0, 0.05) is 6.04 Å². The number of halogens is 3. The molecule has 18 heavy (non-hydrogen) atoms. The quantitative estimate of drug-likeness (QED) is 0.819. The Hall–Kier alpha value is -0.780. The number of nitrogens with one attached hydrogen (secondary N) is 2. The van der Waals surface area contributed by atoms with E-state index in [-0.39, 0.29) is 18.0 Å². The highest BCUT2D eigenvalue weighted by atomic mass is 19.4. The number of amides is 1. The molecule has 106 valence electrons. The summed E-state index contributed by atoms with van der Waals surface area (Å²) >= 11 is 0. The van der Waals surface area contributed by atoms with Gasteiger partial charge in [0.15, 0.2) is 0 Å². The number of carbonyl (C=O) groups is 1. The molecule has 0 heterocycles. The Kier molecular flexibility index (Phi) is 5.01. The van der Waals surface area contributed by atoms with Crippen LogP contribution < -0.4 is 10.6 Å². The molecule has 1 fully saturated rings. The van der Waals surface area contributed by atoms with Gasteiger partial charge < -0.3 is 10.6 Å². The zero-order valence-electron chi connectivity index (χ0n) is 10.9. The van der Waals surface area contributed by atoms with Gasteiger partial charge in [-0.2, -0.15) is 13.2 Å². The molecule has 1 aliphatic rings. The summed E-state index contributed by atoms with van der Waals surface area (Å²) in [7, 11) is 0. The highest BCUT2D eigenvalue weighted by molar-refractivity contribution is 5.78. The maximum absolute atomic E-state index is 11.9. The predicted octanol–water partition coefficient (Wildman–Crippen LogP) is 2.22. The molecule has 1 amide bonds. The van der Waals surface area contributed by atoms with Crippen LogP contribution in [-0.4, -0.2) is 31.2 Å². The van der Waals surface area contributed by atoms with E-state index in [1.54, 1.807) is 0 Å². The van der Waals surface area contributed by atoms with E-state index < -0.39 is 18.6 Å². The smallest absolute Gasteiger partial charge is 0.346 e. The fraction of sp³-hybridized carbons (Fsp3) is 0.917. The van der Waals surface area contributed by atoms with Crippen molar-refractivity contribution >= 4 is 5.91 Å². The molecule has 6 heteroatoms. The van der Waals surface area contributed by atoms with Gasteiger partial charge in [0.25, 0.3) is 0 Å². The van der Waals surface area contributed by atoms with Crippen LogP contribution in [0, 0.1) is 5.41 Å². The van der Waals surface area contributed by atoms with Gasteiger partial charge in [0.05, 0.1) is 6.54 Å². The number of hydrogen-bond acceptors (Lipinski definition) is 2. The molecular formula is C12H21F3N2O. The Morgan fingerprint density at radius 1 is 1.39 bits per heavy atom. The summed E-state index contributed by atoms with van der Waals surface area (Å²) in [6.07, 6.45) is -0.154. The van der Waals surface area contributed by atoms with Crippen LogP contribution in [0.2, 0.25) is 0 Å². The molecule has 0 radical (unpaired) electrons. The SMILES string of the molecule is CC1(C)CCCC(NCC(=O)NCC(F)(F)F)C1. The Morgan fingerprint density at radius 3 is 2.61 bits per heavy atom. The molecule has 0 aromatic carbocycles. The monoisotopic (exact) mass is 266 g/mol. The van der Waals surface area contributed by atoms with Gasteiger partial charge in [-0.3, -0.25) is 4.79 Å². The van der Waals surface area contributed by atoms with Crippen LogP contribution in [0.4, 0.5) is 13.2 Å². The highest BCUT2D eigenvalue weighted by Crippen LogP contribution is 2.34. The zero-order chi connectivity index (χ0) is 13.8. The van der Waals surface area contributed by atoms with Crippen molar-refractivity contribution in [3.05, 3.63) is 0 Å². The van der Waals surface area contributed by atoms with Crippen LogP contribution in [0.5, 0.6) is 0 Å². The second-order valence-electron chi connectivity index (χ2n) is 5.73. The average Bonchev–Trinajstić information content (AvgIpc) is 2.21. The summed E-state index contributed by atoms with van der Waals surface area (Å²) in [6.45, 7) is 3.04. The van der Waals surface area contributed by atoms with E-state index in [0.29, 0.717) is 0 Å². The maximum Gasteiger partial charge on any atom is 0.405 e. The first-order chi connectivity index (χ1) is 8.18. The van der Waals surface area contributed by atoms with Gasteiger partial charge in [-0.1, -0.05) is 20.3 Å². The number of carbonyl (C=O) groups excluding carboxylic acids is 1. The first-order valence-corrected chi connectivity index (χ1v) is 6.25. The molecule has 1 aliphatic carbocycles. The van der Waals surface area contributed by atoms with Crippen molar-refractivity contribution in [1.29, 1.82) is 0 Å². The standard InChI is InChI=1S/C12H21F3N2O/c1-11(2)5-3-4-9(6-11)16-7-10(18)17-8-12(13,14)15/h9,16H,3-8H2,1-2H3,(H,17,18). The van der Waals surface area contributed by atoms with Crippen molar-refractivity contribution in [2.45, 2.75) is 51.7 Å². The van der Waals surface area contributed by atoms with Crippen molar-refractivity contribution in [3.63, 3.8) is 0 Å². The van der Waals surface area contributed by atoms with Gasteiger partial charge in [0.2, 0.25) is 5.91 Å². The Morgan fingerprint density at radius 2 is 2.06 bits per heavy atom. The lowest BCUT2D eigenvalue weighted by atomic mass is 9.75. The summed E-state index contributed by atoms with van der Waals surface area (Å²) in [6, 6.07) is 0.227. The van der Waals surface area contributed by atoms with Crippen LogP contribution in [0.15, 0.2) is 0 Å². The summed E-state index contributed by atoms with van der Waals surface area (Å²) in [5, 5.41) is 4.89. The van der Waals surface area contributed by atoms with Crippen molar-refractivity contribution < 1.29 is 18.0 Å². The Balaban J connectivity index is 2.22. The van der Waals surface area contributed by atoms with Crippen LogP contribution in [-0.2, 0) is 4.79 Å². The molecule has 0 aromatic rings. The van der Waals surface area contributed by atoms with Crippen LogP contribution in [0.3, 0.4) is 0 Å². The molecule has 1 atom stereocenters. The summed E-state index contributed by atoms with van der Waals surface area (Å²) in [5.41, 5.74) is 0.248. The molecule has 0 bridgehead atoms. The summed E-state index contributed by atoms with van der Waals surface area (Å²) in [4.78, 5) is 11.2. The predicted molar refractivity (Wildman–Crippen MR) is 63.1 cm³/mol. The summed E-state index contributed by atoms with van der Waals surface area (Å²) < 4.78 is 35.6. The minimum atomic E-state index is -4.34. The molecule has 0 spiro atoms.